The molecule has 0 unspecified atom stereocenters. The molecule has 6 heteroatoms. The summed E-state index contributed by atoms with van der Waals surface area (Å²) >= 11 is 0. The van der Waals surface area contributed by atoms with Crippen LogP contribution in [0.4, 0.5) is 5.82 Å². The van der Waals surface area contributed by atoms with Crippen LogP contribution < -0.4 is 16.1 Å². The average Bonchev–Trinajstić information content (AvgIpc) is 2.73. The zero-order valence-corrected chi connectivity index (χ0v) is 16.0. The van der Waals surface area contributed by atoms with Crippen LogP contribution in [0.15, 0.2) is 70.3 Å². The number of hydrogen-bond donors (Lipinski definition) is 1. The highest BCUT2D eigenvalue weighted by Crippen LogP contribution is 2.25. The molecule has 144 valence electrons. The van der Waals surface area contributed by atoms with Crippen molar-refractivity contribution in [2.24, 2.45) is 7.05 Å². The third kappa shape index (κ3) is 3.77. The molecule has 28 heavy (non-hydrogen) atoms. The molecular weight excluding hydrogens is 352 g/mol. The monoisotopic (exact) mass is 376 g/mol. The van der Waals surface area contributed by atoms with E-state index in [-0.39, 0.29) is 11.2 Å². The minimum absolute atomic E-state index is 0.280. The van der Waals surface area contributed by atoms with E-state index in [1.807, 2.05) is 6.07 Å². The Morgan fingerprint density at radius 1 is 0.893 bits per heavy atom. The number of aromatic nitrogens is 2. The molecule has 2 heterocycles. The predicted octanol–water partition coefficient (Wildman–Crippen LogP) is 2.06. The second-order valence-corrected chi connectivity index (χ2v) is 7.14. The van der Waals surface area contributed by atoms with Gasteiger partial charge >= 0.3 is 5.69 Å². The fraction of sp³-hybridized carbons (Fsp3) is 0.273. The van der Waals surface area contributed by atoms with Crippen LogP contribution in [0.5, 0.6) is 0 Å². The van der Waals surface area contributed by atoms with Gasteiger partial charge < -0.3 is 4.90 Å². The molecule has 0 amide bonds. The van der Waals surface area contributed by atoms with Gasteiger partial charge in [0.25, 0.3) is 5.56 Å². The third-order valence-electron chi connectivity index (χ3n) is 5.34. The van der Waals surface area contributed by atoms with Gasteiger partial charge in [0.1, 0.15) is 5.82 Å². The lowest BCUT2D eigenvalue weighted by Gasteiger charge is -2.35. The summed E-state index contributed by atoms with van der Waals surface area (Å²) in [6, 6.07) is 20.5. The third-order valence-corrected chi connectivity index (χ3v) is 5.34. The van der Waals surface area contributed by atoms with Crippen molar-refractivity contribution in [1.29, 1.82) is 0 Å². The first-order valence-electron chi connectivity index (χ1n) is 9.53. The van der Waals surface area contributed by atoms with Crippen molar-refractivity contribution in [2.45, 2.75) is 6.54 Å². The van der Waals surface area contributed by atoms with E-state index in [0.29, 0.717) is 5.82 Å². The summed E-state index contributed by atoms with van der Waals surface area (Å²) in [5.41, 5.74) is 3.15. The van der Waals surface area contributed by atoms with Gasteiger partial charge in [0.15, 0.2) is 0 Å². The van der Waals surface area contributed by atoms with E-state index in [2.05, 4.69) is 63.3 Å². The molecule has 0 spiro atoms. The van der Waals surface area contributed by atoms with Crippen molar-refractivity contribution in [3.63, 3.8) is 0 Å². The summed E-state index contributed by atoms with van der Waals surface area (Å²) in [5, 5.41) is 0. The lowest BCUT2D eigenvalue weighted by molar-refractivity contribution is 0.249. The number of benzene rings is 2. The summed E-state index contributed by atoms with van der Waals surface area (Å²) in [5.74, 6) is 0.609. The molecule has 1 fully saturated rings. The average molecular weight is 376 g/mol. The lowest BCUT2D eigenvalue weighted by atomic mass is 9.99. The molecular formula is C22H24N4O2. The molecule has 6 nitrogen and oxygen atoms in total. The molecule has 3 aromatic rings. The molecule has 1 aromatic heterocycles. The fourth-order valence-electron chi connectivity index (χ4n) is 3.66. The van der Waals surface area contributed by atoms with E-state index in [4.69, 9.17) is 0 Å². The Balaban J connectivity index is 1.46. The van der Waals surface area contributed by atoms with Gasteiger partial charge in [0.2, 0.25) is 0 Å². The normalized spacial score (nSPS) is 15.0. The molecule has 1 aliphatic heterocycles. The number of nitrogens with one attached hydrogen (secondary N) is 1. The van der Waals surface area contributed by atoms with Crippen molar-refractivity contribution < 1.29 is 0 Å². The molecule has 2 aromatic carbocycles. The van der Waals surface area contributed by atoms with Crippen molar-refractivity contribution in [3.05, 3.63) is 87.1 Å². The molecule has 4 rings (SSSR count). The van der Waals surface area contributed by atoms with Crippen LogP contribution in [-0.2, 0) is 13.6 Å². The highest BCUT2D eigenvalue weighted by Gasteiger charge is 2.19. The smallest absolute Gasteiger partial charge is 0.329 e. The van der Waals surface area contributed by atoms with Crippen molar-refractivity contribution in [3.8, 4) is 11.1 Å². The van der Waals surface area contributed by atoms with Crippen LogP contribution in [0.25, 0.3) is 11.1 Å². The minimum atomic E-state index is -0.373. The molecule has 0 bridgehead atoms. The van der Waals surface area contributed by atoms with Crippen LogP contribution in [0.2, 0.25) is 0 Å². The molecule has 1 N–H and O–H groups in total. The summed E-state index contributed by atoms with van der Waals surface area (Å²) in [7, 11) is 1.48. The van der Waals surface area contributed by atoms with Gasteiger partial charge in [-0.3, -0.25) is 19.2 Å². The van der Waals surface area contributed by atoms with Crippen molar-refractivity contribution in [1.82, 2.24) is 14.5 Å². The molecule has 0 saturated carbocycles. The van der Waals surface area contributed by atoms with E-state index in [9.17, 15) is 9.59 Å². The maximum Gasteiger partial charge on any atom is 0.329 e. The Kier molecular flexibility index (Phi) is 5.12. The van der Waals surface area contributed by atoms with Crippen LogP contribution in [-0.4, -0.2) is 40.6 Å². The standard InChI is InChI=1S/C22H24N4O2/c1-24-21(27)15-20(23-22(24)28)26-13-11-25(12-14-26)16-18-9-5-6-10-19(18)17-7-3-2-4-8-17/h2-10,15H,11-14,16H2,1H3,(H,23,28). The van der Waals surface area contributed by atoms with E-state index in [1.54, 1.807) is 0 Å². The molecule has 0 radical (unpaired) electrons. The summed E-state index contributed by atoms with van der Waals surface area (Å²) in [4.78, 5) is 31.0. The Morgan fingerprint density at radius 2 is 1.57 bits per heavy atom. The van der Waals surface area contributed by atoms with E-state index in [0.717, 1.165) is 37.3 Å². The first-order valence-corrected chi connectivity index (χ1v) is 9.53. The van der Waals surface area contributed by atoms with Crippen LogP contribution in [0, 0.1) is 0 Å². The van der Waals surface area contributed by atoms with Crippen LogP contribution >= 0.6 is 0 Å². The van der Waals surface area contributed by atoms with Gasteiger partial charge in [-0.2, -0.15) is 0 Å². The maximum atomic E-state index is 11.9. The quantitative estimate of drug-likeness (QED) is 0.757. The number of H-pyrrole nitrogens is 1. The summed E-state index contributed by atoms with van der Waals surface area (Å²) in [6.45, 7) is 4.18. The second-order valence-electron chi connectivity index (χ2n) is 7.14. The SMILES string of the molecule is Cn1c(=O)cc(N2CCN(Cc3ccccc3-c3ccccc3)CC2)[nH]c1=O. The highest BCUT2D eigenvalue weighted by molar-refractivity contribution is 5.67. The number of piperazine rings is 1. The number of hydrogen-bond acceptors (Lipinski definition) is 4. The Morgan fingerprint density at radius 3 is 2.29 bits per heavy atom. The summed E-state index contributed by atoms with van der Waals surface area (Å²) < 4.78 is 1.08. The van der Waals surface area contributed by atoms with E-state index in [1.165, 1.54) is 29.8 Å². The molecule has 1 saturated heterocycles. The lowest BCUT2D eigenvalue weighted by Crippen LogP contribution is -2.47. The Bertz CT molecular complexity index is 1030. The molecule has 0 aliphatic carbocycles. The van der Waals surface area contributed by atoms with Gasteiger partial charge in [0.05, 0.1) is 0 Å². The van der Waals surface area contributed by atoms with Gasteiger partial charge in [-0.05, 0) is 16.7 Å². The number of anilines is 1. The van der Waals surface area contributed by atoms with Gasteiger partial charge in [-0.1, -0.05) is 54.6 Å². The summed E-state index contributed by atoms with van der Waals surface area (Å²) in [6.07, 6.45) is 0. The minimum Gasteiger partial charge on any atom is -0.355 e. The Hall–Kier alpha value is -3.12. The zero-order chi connectivity index (χ0) is 19.5. The van der Waals surface area contributed by atoms with E-state index < -0.39 is 0 Å². The largest absolute Gasteiger partial charge is 0.355 e. The fourth-order valence-corrected chi connectivity index (χ4v) is 3.66. The maximum absolute atomic E-state index is 11.9. The number of aromatic amines is 1. The zero-order valence-electron chi connectivity index (χ0n) is 16.0. The Labute approximate surface area is 163 Å². The first-order chi connectivity index (χ1) is 13.6. The van der Waals surface area contributed by atoms with Gasteiger partial charge in [-0.25, -0.2) is 4.79 Å². The van der Waals surface area contributed by atoms with Gasteiger partial charge in [0, 0.05) is 45.8 Å². The van der Waals surface area contributed by atoms with Crippen LogP contribution in [0.1, 0.15) is 5.56 Å². The van der Waals surface area contributed by atoms with Crippen LogP contribution in [0.3, 0.4) is 0 Å². The number of nitrogens with zero attached hydrogens (tertiary/aromatic N) is 3. The number of rotatable bonds is 4. The molecule has 1 aliphatic rings. The molecule has 0 atom stereocenters. The van der Waals surface area contributed by atoms with Gasteiger partial charge in [-0.15, -0.1) is 0 Å². The highest BCUT2D eigenvalue weighted by atomic mass is 16.2. The predicted molar refractivity (Wildman–Crippen MR) is 112 cm³/mol. The van der Waals surface area contributed by atoms with Crippen molar-refractivity contribution >= 4 is 5.82 Å². The topological polar surface area (TPSA) is 61.3 Å². The van der Waals surface area contributed by atoms with Crippen molar-refractivity contribution in [2.75, 3.05) is 31.1 Å². The first kappa shape index (κ1) is 18.3. The second kappa shape index (κ2) is 7.86. The van der Waals surface area contributed by atoms with E-state index >= 15 is 0 Å².